The monoisotopic (exact) mass is 208 g/mol. The SMILES string of the molecule is Oc1cnn(C2CCOC3(CCC3)C2)c1. The Balaban J connectivity index is 1.76. The standard InChI is InChI=1S/C11H16N2O2/c14-10-7-12-13(8-10)9-2-5-15-11(6-9)3-1-4-11/h7-9,14H,1-6H2. The molecule has 4 heteroatoms. The van der Waals surface area contributed by atoms with E-state index in [1.54, 1.807) is 6.20 Å². The van der Waals surface area contributed by atoms with Gasteiger partial charge in [-0.15, -0.1) is 0 Å². The molecule has 0 aromatic carbocycles. The summed E-state index contributed by atoms with van der Waals surface area (Å²) in [5, 5.41) is 13.4. The maximum absolute atomic E-state index is 9.27. The van der Waals surface area contributed by atoms with Crippen molar-refractivity contribution in [2.24, 2.45) is 0 Å². The Labute approximate surface area is 88.9 Å². The Hall–Kier alpha value is -1.03. The Morgan fingerprint density at radius 3 is 3.00 bits per heavy atom. The van der Waals surface area contributed by atoms with Gasteiger partial charge in [-0.2, -0.15) is 5.10 Å². The third kappa shape index (κ3) is 1.53. The average Bonchev–Trinajstić information content (AvgIpc) is 2.63. The zero-order chi connectivity index (χ0) is 10.3. The van der Waals surface area contributed by atoms with Crippen molar-refractivity contribution >= 4 is 0 Å². The van der Waals surface area contributed by atoms with E-state index in [2.05, 4.69) is 5.10 Å². The van der Waals surface area contributed by atoms with Crippen molar-refractivity contribution in [3.63, 3.8) is 0 Å². The van der Waals surface area contributed by atoms with Gasteiger partial charge in [0.1, 0.15) is 0 Å². The summed E-state index contributed by atoms with van der Waals surface area (Å²) in [4.78, 5) is 0. The first-order valence-corrected chi connectivity index (χ1v) is 5.65. The maximum atomic E-state index is 9.27. The van der Waals surface area contributed by atoms with Crippen LogP contribution in [-0.4, -0.2) is 27.1 Å². The van der Waals surface area contributed by atoms with Crippen molar-refractivity contribution in [2.45, 2.75) is 43.7 Å². The summed E-state index contributed by atoms with van der Waals surface area (Å²) in [6.07, 6.45) is 8.94. The van der Waals surface area contributed by atoms with Crippen LogP contribution in [0.4, 0.5) is 0 Å². The number of rotatable bonds is 1. The molecule has 1 aliphatic carbocycles. The van der Waals surface area contributed by atoms with Gasteiger partial charge >= 0.3 is 0 Å². The van der Waals surface area contributed by atoms with Gasteiger partial charge in [-0.05, 0) is 32.1 Å². The van der Waals surface area contributed by atoms with Crippen molar-refractivity contribution in [1.29, 1.82) is 0 Å². The predicted octanol–water partition coefficient (Wildman–Crippen LogP) is 1.86. The molecular formula is C11H16N2O2. The highest BCUT2D eigenvalue weighted by Gasteiger charge is 2.43. The highest BCUT2D eigenvalue weighted by molar-refractivity contribution is 5.09. The quantitative estimate of drug-likeness (QED) is 0.766. The molecule has 1 aliphatic heterocycles. The van der Waals surface area contributed by atoms with Crippen LogP contribution in [0, 0.1) is 0 Å². The van der Waals surface area contributed by atoms with E-state index in [1.807, 2.05) is 4.68 Å². The minimum absolute atomic E-state index is 0.143. The second-order valence-electron chi connectivity index (χ2n) is 4.71. The number of hydrogen-bond donors (Lipinski definition) is 1. The fourth-order valence-electron chi connectivity index (χ4n) is 2.67. The first kappa shape index (κ1) is 9.21. The Bertz CT molecular complexity index is 357. The molecule has 2 heterocycles. The van der Waals surface area contributed by atoms with Gasteiger partial charge in [-0.1, -0.05) is 0 Å². The van der Waals surface area contributed by atoms with Crippen LogP contribution in [0.25, 0.3) is 0 Å². The Kier molecular flexibility index (Phi) is 1.99. The number of hydrogen-bond acceptors (Lipinski definition) is 3. The van der Waals surface area contributed by atoms with E-state index in [9.17, 15) is 5.11 Å². The molecule has 1 aromatic rings. The van der Waals surface area contributed by atoms with Gasteiger partial charge in [0.15, 0.2) is 5.75 Å². The molecular weight excluding hydrogens is 192 g/mol. The zero-order valence-corrected chi connectivity index (χ0v) is 8.72. The molecule has 1 spiro atoms. The summed E-state index contributed by atoms with van der Waals surface area (Å²) in [5.74, 6) is 0.254. The molecule has 1 atom stereocenters. The first-order valence-electron chi connectivity index (χ1n) is 5.65. The van der Waals surface area contributed by atoms with E-state index < -0.39 is 0 Å². The van der Waals surface area contributed by atoms with Crippen LogP contribution in [0.15, 0.2) is 12.4 Å². The van der Waals surface area contributed by atoms with Gasteiger partial charge in [0, 0.05) is 6.61 Å². The van der Waals surface area contributed by atoms with Crippen LogP contribution in [-0.2, 0) is 4.74 Å². The van der Waals surface area contributed by atoms with E-state index >= 15 is 0 Å². The van der Waals surface area contributed by atoms with E-state index in [-0.39, 0.29) is 11.4 Å². The summed E-state index contributed by atoms with van der Waals surface area (Å²) in [6, 6.07) is 0.403. The van der Waals surface area contributed by atoms with Crippen molar-refractivity contribution in [3.05, 3.63) is 12.4 Å². The lowest BCUT2D eigenvalue weighted by Gasteiger charge is -2.47. The van der Waals surface area contributed by atoms with E-state index in [0.29, 0.717) is 6.04 Å². The number of ether oxygens (including phenoxy) is 1. The molecule has 1 unspecified atom stereocenters. The second kappa shape index (κ2) is 3.23. The number of nitrogens with zero attached hydrogens (tertiary/aromatic N) is 2. The fourth-order valence-corrected chi connectivity index (χ4v) is 2.67. The number of aromatic nitrogens is 2. The second-order valence-corrected chi connectivity index (χ2v) is 4.71. The van der Waals surface area contributed by atoms with Gasteiger partial charge in [0.2, 0.25) is 0 Å². The van der Waals surface area contributed by atoms with Crippen LogP contribution < -0.4 is 0 Å². The summed E-state index contributed by atoms with van der Waals surface area (Å²) in [7, 11) is 0. The van der Waals surface area contributed by atoms with Gasteiger partial charge in [0.25, 0.3) is 0 Å². The molecule has 3 rings (SSSR count). The summed E-state index contributed by atoms with van der Waals surface area (Å²) >= 11 is 0. The average molecular weight is 208 g/mol. The molecule has 2 fully saturated rings. The summed E-state index contributed by atoms with van der Waals surface area (Å²) < 4.78 is 7.74. The van der Waals surface area contributed by atoms with E-state index in [4.69, 9.17) is 4.74 Å². The van der Waals surface area contributed by atoms with E-state index in [0.717, 1.165) is 19.4 Å². The Morgan fingerprint density at radius 1 is 1.53 bits per heavy atom. The highest BCUT2D eigenvalue weighted by Crippen LogP contribution is 2.45. The molecule has 1 aromatic heterocycles. The van der Waals surface area contributed by atoms with Crippen molar-refractivity contribution in [1.82, 2.24) is 9.78 Å². The van der Waals surface area contributed by atoms with Crippen LogP contribution in [0.2, 0.25) is 0 Å². The molecule has 82 valence electrons. The van der Waals surface area contributed by atoms with Gasteiger partial charge in [0.05, 0.1) is 24.0 Å². The molecule has 0 radical (unpaired) electrons. The minimum Gasteiger partial charge on any atom is -0.505 e. The lowest BCUT2D eigenvalue weighted by Crippen LogP contribution is -2.46. The van der Waals surface area contributed by atoms with Gasteiger partial charge < -0.3 is 9.84 Å². The van der Waals surface area contributed by atoms with Gasteiger partial charge in [-0.3, -0.25) is 4.68 Å². The molecule has 0 bridgehead atoms. The van der Waals surface area contributed by atoms with Crippen molar-refractivity contribution < 1.29 is 9.84 Å². The van der Waals surface area contributed by atoms with Crippen LogP contribution in [0.1, 0.15) is 38.1 Å². The van der Waals surface area contributed by atoms with Crippen molar-refractivity contribution in [3.8, 4) is 5.75 Å². The van der Waals surface area contributed by atoms with Crippen LogP contribution in [0.3, 0.4) is 0 Å². The van der Waals surface area contributed by atoms with Crippen LogP contribution >= 0.6 is 0 Å². The topological polar surface area (TPSA) is 47.3 Å². The van der Waals surface area contributed by atoms with Crippen LogP contribution in [0.5, 0.6) is 5.75 Å². The molecule has 1 saturated heterocycles. The Morgan fingerprint density at radius 2 is 2.40 bits per heavy atom. The zero-order valence-electron chi connectivity index (χ0n) is 8.72. The lowest BCUT2D eigenvalue weighted by molar-refractivity contribution is -0.141. The predicted molar refractivity (Wildman–Crippen MR) is 54.7 cm³/mol. The fraction of sp³-hybridized carbons (Fsp3) is 0.727. The maximum Gasteiger partial charge on any atom is 0.153 e. The molecule has 4 nitrogen and oxygen atoms in total. The largest absolute Gasteiger partial charge is 0.505 e. The molecule has 0 amide bonds. The molecule has 15 heavy (non-hydrogen) atoms. The molecule has 1 saturated carbocycles. The normalized spacial score (nSPS) is 28.9. The first-order chi connectivity index (χ1) is 7.27. The van der Waals surface area contributed by atoms with Crippen molar-refractivity contribution in [2.75, 3.05) is 6.61 Å². The lowest BCUT2D eigenvalue weighted by atomic mass is 9.74. The van der Waals surface area contributed by atoms with Gasteiger partial charge in [-0.25, -0.2) is 0 Å². The third-order valence-electron chi connectivity index (χ3n) is 3.69. The highest BCUT2D eigenvalue weighted by atomic mass is 16.5. The minimum atomic E-state index is 0.143. The third-order valence-corrected chi connectivity index (χ3v) is 3.69. The smallest absolute Gasteiger partial charge is 0.153 e. The van der Waals surface area contributed by atoms with E-state index in [1.165, 1.54) is 25.5 Å². The number of aromatic hydroxyl groups is 1. The molecule has 1 N–H and O–H groups in total. The summed E-state index contributed by atoms with van der Waals surface area (Å²) in [5.41, 5.74) is 0.143. The summed E-state index contributed by atoms with van der Waals surface area (Å²) in [6.45, 7) is 0.825. The molecule has 2 aliphatic rings.